The van der Waals surface area contributed by atoms with Crippen LogP contribution in [-0.4, -0.2) is 56.0 Å². The fourth-order valence-corrected chi connectivity index (χ4v) is 3.26. The lowest BCUT2D eigenvalue weighted by atomic mass is 10.1. The van der Waals surface area contributed by atoms with E-state index < -0.39 is 12.0 Å². The van der Waals surface area contributed by atoms with Crippen molar-refractivity contribution in [3.63, 3.8) is 0 Å². The summed E-state index contributed by atoms with van der Waals surface area (Å²) in [5.41, 5.74) is 2.45. The number of hydrogen-bond acceptors (Lipinski definition) is 7. The third-order valence-electron chi connectivity index (χ3n) is 4.87. The summed E-state index contributed by atoms with van der Waals surface area (Å²) in [5.74, 6) is -0.571. The highest BCUT2D eigenvalue weighted by Gasteiger charge is 2.38. The van der Waals surface area contributed by atoms with Crippen molar-refractivity contribution in [1.29, 1.82) is 0 Å². The summed E-state index contributed by atoms with van der Waals surface area (Å²) in [6.45, 7) is 7.07. The molecule has 3 aromatic rings. The topological polar surface area (TPSA) is 75.6 Å². The summed E-state index contributed by atoms with van der Waals surface area (Å²) < 4.78 is 45.2. The molecule has 3 aromatic heterocycles. The third kappa shape index (κ3) is 3.22. The lowest BCUT2D eigenvalue weighted by Gasteiger charge is -2.35. The standard InChI is InChI=1S/C16H18F3N7O/c1-10-11(2)14(22-26-13(10)20-21-15(26)16(17,18)19)25-6-4-24(5-7-25)9-12-3-8-27-23-12/h3,8H,4-7,9H2,1-2H3. The Labute approximate surface area is 152 Å². The van der Waals surface area contributed by atoms with Crippen molar-refractivity contribution in [2.45, 2.75) is 26.6 Å². The molecule has 0 saturated carbocycles. The molecule has 1 aliphatic heterocycles. The minimum Gasteiger partial charge on any atom is -0.364 e. The molecule has 0 radical (unpaired) electrons. The van der Waals surface area contributed by atoms with Crippen LogP contribution in [-0.2, 0) is 12.7 Å². The van der Waals surface area contributed by atoms with E-state index in [-0.39, 0.29) is 5.65 Å². The number of hydrogen-bond donors (Lipinski definition) is 0. The number of aromatic nitrogens is 5. The van der Waals surface area contributed by atoms with Crippen LogP contribution in [0, 0.1) is 13.8 Å². The van der Waals surface area contributed by atoms with E-state index in [1.54, 1.807) is 6.92 Å². The van der Waals surface area contributed by atoms with Crippen molar-refractivity contribution in [3.8, 4) is 0 Å². The van der Waals surface area contributed by atoms with Crippen molar-refractivity contribution >= 4 is 11.5 Å². The number of anilines is 1. The van der Waals surface area contributed by atoms with Gasteiger partial charge in [-0.3, -0.25) is 4.90 Å². The van der Waals surface area contributed by atoms with Gasteiger partial charge in [0.25, 0.3) is 5.82 Å². The quantitative estimate of drug-likeness (QED) is 0.687. The maximum absolute atomic E-state index is 13.2. The molecule has 1 fully saturated rings. The fraction of sp³-hybridized carbons (Fsp3) is 0.500. The SMILES string of the molecule is Cc1c(N2CCN(Cc3ccon3)CC2)nn2c(C(F)(F)F)nnc2c1C. The molecule has 0 N–H and O–H groups in total. The highest BCUT2D eigenvalue weighted by atomic mass is 19.4. The summed E-state index contributed by atoms with van der Waals surface area (Å²) in [6, 6.07) is 1.82. The Balaban J connectivity index is 1.59. The van der Waals surface area contributed by atoms with Crippen LogP contribution in [0.1, 0.15) is 22.6 Å². The van der Waals surface area contributed by atoms with Gasteiger partial charge in [-0.15, -0.1) is 15.3 Å². The number of halogens is 3. The molecule has 144 valence electrons. The molecule has 0 aromatic carbocycles. The van der Waals surface area contributed by atoms with Gasteiger partial charge < -0.3 is 9.42 Å². The molecule has 27 heavy (non-hydrogen) atoms. The Morgan fingerprint density at radius 1 is 1.07 bits per heavy atom. The first-order valence-corrected chi connectivity index (χ1v) is 8.51. The van der Waals surface area contributed by atoms with Crippen LogP contribution in [0.4, 0.5) is 19.0 Å². The molecule has 1 saturated heterocycles. The van der Waals surface area contributed by atoms with Crippen LogP contribution in [0.3, 0.4) is 0 Å². The maximum Gasteiger partial charge on any atom is 0.453 e. The van der Waals surface area contributed by atoms with E-state index in [0.717, 1.165) is 28.9 Å². The van der Waals surface area contributed by atoms with Crippen LogP contribution in [0.5, 0.6) is 0 Å². The molecule has 0 atom stereocenters. The van der Waals surface area contributed by atoms with Gasteiger partial charge in [0.2, 0.25) is 0 Å². The van der Waals surface area contributed by atoms with Crippen molar-refractivity contribution < 1.29 is 17.7 Å². The van der Waals surface area contributed by atoms with Crippen LogP contribution < -0.4 is 4.90 Å². The van der Waals surface area contributed by atoms with Gasteiger partial charge in [0.05, 0.1) is 5.69 Å². The van der Waals surface area contributed by atoms with Gasteiger partial charge >= 0.3 is 6.18 Å². The number of aryl methyl sites for hydroxylation is 1. The van der Waals surface area contributed by atoms with Crippen LogP contribution in [0.25, 0.3) is 5.65 Å². The van der Waals surface area contributed by atoms with E-state index in [0.29, 0.717) is 31.0 Å². The minimum atomic E-state index is -4.61. The smallest absolute Gasteiger partial charge is 0.364 e. The van der Waals surface area contributed by atoms with E-state index in [1.807, 2.05) is 17.9 Å². The van der Waals surface area contributed by atoms with E-state index in [4.69, 9.17) is 4.52 Å². The summed E-state index contributed by atoms with van der Waals surface area (Å²) in [7, 11) is 0. The summed E-state index contributed by atoms with van der Waals surface area (Å²) in [6.07, 6.45) is -3.07. The molecular formula is C16H18F3N7O. The molecule has 0 unspecified atom stereocenters. The lowest BCUT2D eigenvalue weighted by molar-refractivity contribution is -0.146. The Bertz CT molecular complexity index is 943. The summed E-state index contributed by atoms with van der Waals surface area (Å²) in [5, 5.41) is 15.1. The minimum absolute atomic E-state index is 0.133. The van der Waals surface area contributed by atoms with Crippen molar-refractivity contribution in [1.82, 2.24) is 29.9 Å². The second-order valence-electron chi connectivity index (χ2n) is 6.58. The first kappa shape index (κ1) is 17.7. The highest BCUT2D eigenvalue weighted by Crippen LogP contribution is 2.30. The van der Waals surface area contributed by atoms with Gasteiger partial charge in [-0.05, 0) is 13.8 Å². The van der Waals surface area contributed by atoms with Gasteiger partial charge in [-0.25, -0.2) is 0 Å². The second-order valence-corrected chi connectivity index (χ2v) is 6.58. The van der Waals surface area contributed by atoms with Crippen LogP contribution in [0.2, 0.25) is 0 Å². The molecule has 0 spiro atoms. The average molecular weight is 381 g/mol. The summed E-state index contributed by atoms with van der Waals surface area (Å²) >= 11 is 0. The third-order valence-corrected chi connectivity index (χ3v) is 4.87. The van der Waals surface area contributed by atoms with Gasteiger partial charge in [0.1, 0.15) is 6.26 Å². The second kappa shape index (κ2) is 6.48. The maximum atomic E-state index is 13.2. The zero-order valence-corrected chi connectivity index (χ0v) is 14.9. The molecule has 0 amide bonds. The Hall–Kier alpha value is -2.69. The number of piperazine rings is 1. The summed E-state index contributed by atoms with van der Waals surface area (Å²) in [4.78, 5) is 4.22. The molecule has 0 bridgehead atoms. The Morgan fingerprint density at radius 2 is 1.81 bits per heavy atom. The van der Waals surface area contributed by atoms with E-state index in [9.17, 15) is 13.2 Å². The predicted octanol–water partition coefficient (Wildman–Crippen LogP) is 2.07. The van der Waals surface area contributed by atoms with Crippen LogP contribution in [0.15, 0.2) is 16.9 Å². The van der Waals surface area contributed by atoms with Gasteiger partial charge in [-0.1, -0.05) is 5.16 Å². The Kier molecular flexibility index (Phi) is 4.25. The monoisotopic (exact) mass is 381 g/mol. The molecule has 4 heterocycles. The van der Waals surface area contributed by atoms with E-state index >= 15 is 0 Å². The van der Waals surface area contributed by atoms with Crippen molar-refractivity contribution in [2.24, 2.45) is 0 Å². The zero-order chi connectivity index (χ0) is 19.2. The first-order chi connectivity index (χ1) is 12.8. The zero-order valence-electron chi connectivity index (χ0n) is 14.9. The van der Waals surface area contributed by atoms with Crippen molar-refractivity contribution in [3.05, 3.63) is 35.0 Å². The molecule has 4 rings (SSSR count). The lowest BCUT2D eigenvalue weighted by Crippen LogP contribution is -2.46. The van der Waals surface area contributed by atoms with Gasteiger partial charge in [-0.2, -0.15) is 17.7 Å². The van der Waals surface area contributed by atoms with Gasteiger partial charge in [0, 0.05) is 49.9 Å². The largest absolute Gasteiger partial charge is 0.453 e. The molecule has 11 heteroatoms. The molecule has 0 aliphatic carbocycles. The average Bonchev–Trinajstić information content (AvgIpc) is 3.28. The number of alkyl halides is 3. The Morgan fingerprint density at radius 3 is 2.44 bits per heavy atom. The first-order valence-electron chi connectivity index (χ1n) is 8.51. The predicted molar refractivity (Wildman–Crippen MR) is 89.3 cm³/mol. The number of fused-ring (bicyclic) bond motifs is 1. The van der Waals surface area contributed by atoms with Gasteiger partial charge in [0.15, 0.2) is 11.5 Å². The van der Waals surface area contributed by atoms with E-state index in [1.165, 1.54) is 6.26 Å². The molecular weight excluding hydrogens is 363 g/mol. The number of rotatable bonds is 3. The fourth-order valence-electron chi connectivity index (χ4n) is 3.26. The van der Waals surface area contributed by atoms with Crippen LogP contribution >= 0.6 is 0 Å². The molecule has 1 aliphatic rings. The molecule has 8 nitrogen and oxygen atoms in total. The van der Waals surface area contributed by atoms with E-state index in [2.05, 4.69) is 25.4 Å². The van der Waals surface area contributed by atoms with Crippen molar-refractivity contribution in [2.75, 3.05) is 31.1 Å². The normalized spacial score (nSPS) is 16.4. The number of nitrogens with zero attached hydrogens (tertiary/aromatic N) is 7. The highest BCUT2D eigenvalue weighted by molar-refractivity contribution is 5.59.